The molecule has 0 aliphatic heterocycles. The van der Waals surface area contributed by atoms with Gasteiger partial charge in [-0.1, -0.05) is 0 Å². The van der Waals surface area contributed by atoms with Gasteiger partial charge in [-0.25, -0.2) is 0 Å². The zero-order valence-corrected chi connectivity index (χ0v) is 35.8. The molecule has 0 spiro atoms. The molecule has 248 valence electrons. The number of hydrogen-bond donors (Lipinski definition) is 0. The summed E-state index contributed by atoms with van der Waals surface area (Å²) < 4.78 is 6.58. The predicted molar refractivity (Wildman–Crippen MR) is 213 cm³/mol. The van der Waals surface area contributed by atoms with Crippen LogP contribution in [-0.2, 0) is 22.8 Å². The molecule has 0 nitrogen and oxygen atoms in total. The number of aryl methyl sites for hydroxylation is 3. The summed E-state index contributed by atoms with van der Waals surface area (Å²) >= 11 is -3.69. The first kappa shape index (κ1) is 37.9. The Morgan fingerprint density at radius 3 is 1.85 bits per heavy atom. The van der Waals surface area contributed by atoms with Gasteiger partial charge in [0, 0.05) is 0 Å². The zero-order chi connectivity index (χ0) is 32.7. The first-order chi connectivity index (χ1) is 21.0. The Hall–Kier alpha value is -1.96. The van der Waals surface area contributed by atoms with Crippen molar-refractivity contribution >= 4 is 43.8 Å². The summed E-state index contributed by atoms with van der Waals surface area (Å²) in [5.74, 6) is 0.504. The van der Waals surface area contributed by atoms with Crippen LogP contribution in [0.4, 0.5) is 0 Å². The summed E-state index contributed by atoms with van der Waals surface area (Å²) in [5.41, 5.74) is 20.5. The van der Waals surface area contributed by atoms with Gasteiger partial charge in [0.05, 0.1) is 0 Å². The molecule has 2 aliphatic carbocycles. The smallest absolute Gasteiger partial charge is 0.147 e. The third-order valence-electron chi connectivity index (χ3n) is 11.2. The summed E-state index contributed by atoms with van der Waals surface area (Å²) in [5, 5.41) is 0. The second-order valence-corrected chi connectivity index (χ2v) is 47.2. The van der Waals surface area contributed by atoms with Gasteiger partial charge in [-0.15, -0.1) is 24.8 Å². The molecule has 2 unspecified atom stereocenters. The van der Waals surface area contributed by atoms with Crippen molar-refractivity contribution in [2.45, 2.75) is 84.2 Å². The molecule has 0 fully saturated rings. The van der Waals surface area contributed by atoms with E-state index in [0.717, 1.165) is 0 Å². The number of allylic oxidation sites excluding steroid dienone is 2. The first-order valence-corrected chi connectivity index (χ1v) is 30.6. The fourth-order valence-corrected chi connectivity index (χ4v) is 29.4. The molecule has 0 N–H and O–H groups in total. The monoisotopic (exact) mass is 758 g/mol. The number of rotatable bonds is 5. The number of hydrogen-bond acceptors (Lipinski definition) is 0. The maximum Gasteiger partial charge on any atom is -0.147 e. The summed E-state index contributed by atoms with van der Waals surface area (Å²) in [6, 6.07) is 28.3. The minimum absolute atomic E-state index is 0. The van der Waals surface area contributed by atoms with E-state index in [4.69, 9.17) is 0 Å². The Morgan fingerprint density at radius 2 is 1.26 bits per heavy atom. The van der Waals surface area contributed by atoms with E-state index in [0.29, 0.717) is 13.2 Å². The van der Waals surface area contributed by atoms with Crippen molar-refractivity contribution in [2.24, 2.45) is 5.92 Å². The molecule has 6 rings (SSSR count). The van der Waals surface area contributed by atoms with Crippen LogP contribution in [0.5, 0.6) is 0 Å². The molecule has 0 aromatic heterocycles. The largest absolute Gasteiger partial charge is 0.147 e. The Morgan fingerprint density at radius 1 is 0.660 bits per heavy atom. The molecule has 4 aromatic carbocycles. The van der Waals surface area contributed by atoms with E-state index in [1.54, 1.807) is 22.3 Å². The van der Waals surface area contributed by atoms with E-state index < -0.39 is 17.4 Å². The maximum atomic E-state index is 2.78. The van der Waals surface area contributed by atoms with Crippen molar-refractivity contribution in [1.29, 1.82) is 0 Å². The van der Waals surface area contributed by atoms with Crippen LogP contribution < -0.4 is 0 Å². The Kier molecular flexibility index (Phi) is 10.5. The molecule has 4 aromatic rings. The van der Waals surface area contributed by atoms with Gasteiger partial charge < -0.3 is 0 Å². The molecule has 0 radical (unpaired) electrons. The van der Waals surface area contributed by atoms with Crippen molar-refractivity contribution < 1.29 is 17.4 Å². The Labute approximate surface area is 299 Å². The van der Waals surface area contributed by atoms with E-state index in [-0.39, 0.29) is 30.2 Å². The van der Waals surface area contributed by atoms with Crippen molar-refractivity contribution in [2.75, 3.05) is 0 Å². The quantitative estimate of drug-likeness (QED) is 0.178. The predicted octanol–water partition coefficient (Wildman–Crippen LogP) is 12.7. The first-order valence-electron chi connectivity index (χ1n) is 16.9. The average molecular weight is 761 g/mol. The molecule has 0 saturated carbocycles. The number of fused-ring (bicyclic) bond motifs is 2. The minimum Gasteiger partial charge on any atom is -0.147 e. The molecule has 0 bridgehead atoms. The number of benzene rings is 4. The van der Waals surface area contributed by atoms with Crippen LogP contribution in [0, 0.1) is 26.7 Å². The standard InChI is InChI=1S/C22H25.C19H19.2CH3.2ClH.H2Si.Zr/c1-15(2)18-13-17-7-6-8-20(21(17)14-18)16-9-11-19(12-10-16)22(3,4)5;1-12-9-18-14(3)6-8-17(19(18)10-12)16-7-5-13(2)15(4)11-16;;;;;;/h6-15H,1-5H3;5-11H,1-4H3;2*1H3;2*1H;1H2;. The van der Waals surface area contributed by atoms with E-state index >= 15 is 0 Å². The van der Waals surface area contributed by atoms with Crippen molar-refractivity contribution in [3.8, 4) is 22.3 Å². The molecule has 4 heteroatoms. The Bertz CT molecular complexity index is 1980. The van der Waals surface area contributed by atoms with Gasteiger partial charge in [-0.3, -0.25) is 0 Å². The summed E-state index contributed by atoms with van der Waals surface area (Å²) in [4.78, 5) is 0. The van der Waals surface area contributed by atoms with E-state index in [1.807, 2.05) is 0 Å². The molecular weight excluding hydrogens is 707 g/mol. The summed E-state index contributed by atoms with van der Waals surface area (Å²) in [6.45, 7) is 23.4. The molecule has 0 amide bonds. The van der Waals surface area contributed by atoms with Gasteiger partial charge >= 0.3 is 277 Å². The number of halogens is 2. The SMILES string of the molecule is CC1=Cc2c(-c3ccc(C)c(C)c3)ccc(C)c2[CH]1[Zr]([CH3])([CH3])(=[SiH2])[CH]1C(C(C)C)=Cc2c(-c3ccc(C(C)(C)C)cc3)cccc21.Cl.Cl. The van der Waals surface area contributed by atoms with Crippen molar-refractivity contribution in [3.63, 3.8) is 0 Å². The average Bonchev–Trinajstić information content (AvgIpc) is 3.55. The van der Waals surface area contributed by atoms with Gasteiger partial charge in [0.15, 0.2) is 0 Å². The summed E-state index contributed by atoms with van der Waals surface area (Å²) in [7, 11) is 0. The molecule has 2 atom stereocenters. The molecule has 47 heavy (non-hydrogen) atoms. The van der Waals surface area contributed by atoms with E-state index in [2.05, 4.69) is 163 Å². The van der Waals surface area contributed by atoms with Crippen LogP contribution >= 0.6 is 24.8 Å². The van der Waals surface area contributed by atoms with Crippen LogP contribution in [0.25, 0.3) is 34.4 Å². The second kappa shape index (κ2) is 13.1. The van der Waals surface area contributed by atoms with Crippen molar-refractivity contribution in [1.82, 2.24) is 0 Å². The van der Waals surface area contributed by atoms with Gasteiger partial charge in [0.25, 0.3) is 0 Å². The molecule has 0 heterocycles. The normalized spacial score (nSPS) is 17.4. The topological polar surface area (TPSA) is 0 Å². The summed E-state index contributed by atoms with van der Waals surface area (Å²) in [6.07, 6.45) is 5.17. The molecular formula is C43H54Cl2SiZr. The van der Waals surface area contributed by atoms with Gasteiger partial charge in [-0.05, 0) is 0 Å². The Balaban J connectivity index is 0.00000250. The third kappa shape index (κ3) is 6.43. The molecule has 2 aliphatic rings. The van der Waals surface area contributed by atoms with E-state index in [1.165, 1.54) is 55.6 Å². The minimum atomic E-state index is -3.69. The molecule has 0 saturated heterocycles. The van der Waals surface area contributed by atoms with Gasteiger partial charge in [-0.2, -0.15) is 0 Å². The maximum absolute atomic E-state index is 3.69. The van der Waals surface area contributed by atoms with E-state index in [9.17, 15) is 0 Å². The third-order valence-corrected chi connectivity index (χ3v) is 28.7. The van der Waals surface area contributed by atoms with Crippen LogP contribution in [0.15, 0.2) is 83.9 Å². The van der Waals surface area contributed by atoms with Crippen LogP contribution in [-0.4, -0.2) is 6.88 Å². The fourth-order valence-electron chi connectivity index (χ4n) is 8.76. The second-order valence-electron chi connectivity index (χ2n) is 16.7. The van der Waals surface area contributed by atoms with Crippen LogP contribution in [0.3, 0.4) is 0 Å². The van der Waals surface area contributed by atoms with Gasteiger partial charge in [0.1, 0.15) is 0 Å². The van der Waals surface area contributed by atoms with Crippen LogP contribution in [0.2, 0.25) is 9.26 Å². The zero-order valence-electron chi connectivity index (χ0n) is 30.3. The van der Waals surface area contributed by atoms with Crippen molar-refractivity contribution in [3.05, 3.63) is 128 Å². The fraction of sp³-hybridized carbons (Fsp3) is 0.349. The van der Waals surface area contributed by atoms with Gasteiger partial charge in [0.2, 0.25) is 0 Å². The van der Waals surface area contributed by atoms with Crippen LogP contribution in [0.1, 0.15) is 93.3 Å².